The predicted molar refractivity (Wildman–Crippen MR) is 51.2 cm³/mol. The van der Waals surface area contributed by atoms with Gasteiger partial charge in [-0.1, -0.05) is 27.7 Å². The number of rotatable bonds is 1. The first-order chi connectivity index (χ1) is 5.88. The standard InChI is InChI=1S/C10H17FN2/c1-6-7-8(10(2,3)4)9(11)13(5)12-7/h6H2,1-5H3. The third kappa shape index (κ3) is 1.74. The zero-order valence-corrected chi connectivity index (χ0v) is 8.98. The maximum Gasteiger partial charge on any atom is 0.215 e. The Hall–Kier alpha value is -0.860. The highest BCUT2D eigenvalue weighted by atomic mass is 19.1. The molecule has 0 aliphatic carbocycles. The third-order valence-corrected chi connectivity index (χ3v) is 2.13. The monoisotopic (exact) mass is 184 g/mol. The van der Waals surface area contributed by atoms with Crippen LogP contribution in [0.15, 0.2) is 0 Å². The Labute approximate surface area is 78.8 Å². The van der Waals surface area contributed by atoms with Crippen molar-refractivity contribution >= 4 is 0 Å². The van der Waals surface area contributed by atoms with E-state index in [-0.39, 0.29) is 11.4 Å². The minimum absolute atomic E-state index is 0.163. The van der Waals surface area contributed by atoms with Crippen LogP contribution in [-0.4, -0.2) is 9.78 Å². The molecule has 0 fully saturated rings. The van der Waals surface area contributed by atoms with E-state index in [2.05, 4.69) is 5.10 Å². The van der Waals surface area contributed by atoms with Crippen molar-refractivity contribution in [2.75, 3.05) is 0 Å². The number of aryl methyl sites for hydroxylation is 2. The van der Waals surface area contributed by atoms with Crippen LogP contribution in [0.1, 0.15) is 39.0 Å². The van der Waals surface area contributed by atoms with Gasteiger partial charge >= 0.3 is 0 Å². The summed E-state index contributed by atoms with van der Waals surface area (Å²) in [5, 5.41) is 4.14. The van der Waals surface area contributed by atoms with Gasteiger partial charge < -0.3 is 0 Å². The number of hydrogen-bond acceptors (Lipinski definition) is 1. The molecule has 1 aromatic heterocycles. The van der Waals surface area contributed by atoms with Crippen molar-refractivity contribution in [3.05, 3.63) is 17.2 Å². The molecule has 0 aromatic carbocycles. The highest BCUT2D eigenvalue weighted by Crippen LogP contribution is 2.28. The second-order valence-corrected chi connectivity index (χ2v) is 4.34. The molecule has 0 atom stereocenters. The lowest BCUT2D eigenvalue weighted by Crippen LogP contribution is -2.15. The average molecular weight is 184 g/mol. The molecule has 0 saturated carbocycles. The molecule has 0 spiro atoms. The molecule has 1 aromatic rings. The molecule has 0 unspecified atom stereocenters. The summed E-state index contributed by atoms with van der Waals surface area (Å²) >= 11 is 0. The molecule has 0 aliphatic heterocycles. The van der Waals surface area contributed by atoms with Gasteiger partial charge in [0, 0.05) is 12.6 Å². The molecule has 0 bridgehead atoms. The fourth-order valence-electron chi connectivity index (χ4n) is 1.55. The minimum atomic E-state index is -0.204. The second kappa shape index (κ2) is 3.13. The van der Waals surface area contributed by atoms with Crippen LogP contribution in [0.2, 0.25) is 0 Å². The van der Waals surface area contributed by atoms with E-state index in [1.165, 1.54) is 4.68 Å². The van der Waals surface area contributed by atoms with E-state index in [0.717, 1.165) is 17.7 Å². The van der Waals surface area contributed by atoms with E-state index in [4.69, 9.17) is 0 Å². The van der Waals surface area contributed by atoms with Crippen molar-refractivity contribution < 1.29 is 4.39 Å². The zero-order chi connectivity index (χ0) is 10.2. The van der Waals surface area contributed by atoms with Crippen LogP contribution in [0.5, 0.6) is 0 Å². The van der Waals surface area contributed by atoms with E-state index >= 15 is 0 Å². The summed E-state index contributed by atoms with van der Waals surface area (Å²) in [6, 6.07) is 0. The van der Waals surface area contributed by atoms with Crippen molar-refractivity contribution in [1.29, 1.82) is 0 Å². The fourth-order valence-corrected chi connectivity index (χ4v) is 1.55. The number of aromatic nitrogens is 2. The molecular formula is C10H17FN2. The third-order valence-electron chi connectivity index (χ3n) is 2.13. The molecule has 74 valence electrons. The summed E-state index contributed by atoms with van der Waals surface area (Å²) in [6.07, 6.45) is 0.782. The first kappa shape index (κ1) is 10.2. The first-order valence-electron chi connectivity index (χ1n) is 4.59. The van der Waals surface area contributed by atoms with Crippen LogP contribution >= 0.6 is 0 Å². The van der Waals surface area contributed by atoms with Gasteiger partial charge in [0.1, 0.15) is 0 Å². The zero-order valence-electron chi connectivity index (χ0n) is 8.98. The molecular weight excluding hydrogens is 167 g/mol. The Morgan fingerprint density at radius 2 is 1.92 bits per heavy atom. The number of halogens is 1. The van der Waals surface area contributed by atoms with Crippen LogP contribution in [0.3, 0.4) is 0 Å². The maximum absolute atomic E-state index is 13.6. The smallest absolute Gasteiger partial charge is 0.215 e. The summed E-state index contributed by atoms with van der Waals surface area (Å²) in [7, 11) is 1.64. The van der Waals surface area contributed by atoms with Crippen molar-refractivity contribution in [3.8, 4) is 0 Å². The molecule has 3 heteroatoms. The SMILES string of the molecule is CCc1nn(C)c(F)c1C(C)(C)C. The van der Waals surface area contributed by atoms with Gasteiger partial charge in [-0.2, -0.15) is 9.49 Å². The van der Waals surface area contributed by atoms with Crippen molar-refractivity contribution in [3.63, 3.8) is 0 Å². The van der Waals surface area contributed by atoms with Crippen LogP contribution in [0.25, 0.3) is 0 Å². The Kier molecular flexibility index (Phi) is 2.46. The van der Waals surface area contributed by atoms with Crippen LogP contribution in [0, 0.1) is 5.95 Å². The first-order valence-corrected chi connectivity index (χ1v) is 4.59. The second-order valence-electron chi connectivity index (χ2n) is 4.34. The fraction of sp³-hybridized carbons (Fsp3) is 0.700. The molecule has 0 radical (unpaired) electrons. The number of nitrogens with zero attached hydrogens (tertiary/aromatic N) is 2. The Morgan fingerprint density at radius 1 is 1.38 bits per heavy atom. The molecule has 0 saturated heterocycles. The van der Waals surface area contributed by atoms with Crippen LogP contribution in [0.4, 0.5) is 4.39 Å². The molecule has 0 aliphatic rings. The average Bonchev–Trinajstić information content (AvgIpc) is 2.26. The van der Waals surface area contributed by atoms with Gasteiger partial charge in [0.05, 0.1) is 5.69 Å². The Morgan fingerprint density at radius 3 is 2.23 bits per heavy atom. The Balaban J connectivity index is 3.33. The quantitative estimate of drug-likeness (QED) is 0.655. The van der Waals surface area contributed by atoms with E-state index < -0.39 is 0 Å². The minimum Gasteiger partial charge on any atom is -0.242 e. The highest BCUT2D eigenvalue weighted by Gasteiger charge is 2.25. The van der Waals surface area contributed by atoms with Crippen LogP contribution < -0.4 is 0 Å². The molecule has 0 amide bonds. The van der Waals surface area contributed by atoms with E-state index in [1.54, 1.807) is 7.05 Å². The van der Waals surface area contributed by atoms with E-state index in [9.17, 15) is 4.39 Å². The molecule has 2 nitrogen and oxygen atoms in total. The van der Waals surface area contributed by atoms with Gasteiger partial charge in [-0.3, -0.25) is 0 Å². The van der Waals surface area contributed by atoms with Crippen molar-refractivity contribution in [2.45, 2.75) is 39.5 Å². The van der Waals surface area contributed by atoms with Crippen molar-refractivity contribution in [1.82, 2.24) is 9.78 Å². The highest BCUT2D eigenvalue weighted by molar-refractivity contribution is 5.26. The Bertz CT molecular complexity index is 307. The summed E-state index contributed by atoms with van der Waals surface area (Å²) in [5.41, 5.74) is 1.45. The van der Waals surface area contributed by atoms with Gasteiger partial charge in [0.2, 0.25) is 5.95 Å². The van der Waals surface area contributed by atoms with Gasteiger partial charge in [0.15, 0.2) is 0 Å². The van der Waals surface area contributed by atoms with Crippen molar-refractivity contribution in [2.24, 2.45) is 7.05 Å². The van der Waals surface area contributed by atoms with Gasteiger partial charge in [-0.25, -0.2) is 4.68 Å². The predicted octanol–water partition coefficient (Wildman–Crippen LogP) is 2.42. The van der Waals surface area contributed by atoms with Gasteiger partial charge in [-0.15, -0.1) is 0 Å². The van der Waals surface area contributed by atoms with E-state index in [1.807, 2.05) is 27.7 Å². The molecule has 13 heavy (non-hydrogen) atoms. The number of hydrogen-bond donors (Lipinski definition) is 0. The normalized spacial score (nSPS) is 12.2. The summed E-state index contributed by atoms with van der Waals surface area (Å²) in [6.45, 7) is 8.02. The summed E-state index contributed by atoms with van der Waals surface area (Å²) in [4.78, 5) is 0. The largest absolute Gasteiger partial charge is 0.242 e. The summed E-state index contributed by atoms with van der Waals surface area (Å²) in [5.74, 6) is -0.204. The lowest BCUT2D eigenvalue weighted by Gasteiger charge is -2.17. The van der Waals surface area contributed by atoms with Gasteiger partial charge in [-0.05, 0) is 11.8 Å². The molecule has 0 N–H and O–H groups in total. The maximum atomic E-state index is 13.6. The lowest BCUT2D eigenvalue weighted by molar-refractivity contribution is 0.464. The molecule has 1 rings (SSSR count). The van der Waals surface area contributed by atoms with Crippen LogP contribution in [-0.2, 0) is 18.9 Å². The van der Waals surface area contributed by atoms with E-state index in [0.29, 0.717) is 0 Å². The lowest BCUT2D eigenvalue weighted by atomic mass is 9.86. The molecule has 1 heterocycles. The topological polar surface area (TPSA) is 17.8 Å². The van der Waals surface area contributed by atoms with Gasteiger partial charge in [0.25, 0.3) is 0 Å². The summed E-state index contributed by atoms with van der Waals surface area (Å²) < 4.78 is 14.9.